The lowest BCUT2D eigenvalue weighted by atomic mass is 10.1. The van der Waals surface area contributed by atoms with E-state index in [1.54, 1.807) is 6.08 Å². The van der Waals surface area contributed by atoms with Crippen molar-refractivity contribution in [3.8, 4) is 0 Å². The van der Waals surface area contributed by atoms with Gasteiger partial charge in [0, 0.05) is 11.9 Å². The first kappa shape index (κ1) is 16.1. The number of H-pyrrole nitrogens is 1. The Labute approximate surface area is 92.7 Å². The number of aromatic nitrogens is 1. The zero-order valence-electron chi connectivity index (χ0n) is 10.4. The molecule has 15 heavy (non-hydrogen) atoms. The summed E-state index contributed by atoms with van der Waals surface area (Å²) in [6.07, 6.45) is 5.75. The van der Waals surface area contributed by atoms with Crippen molar-refractivity contribution < 1.29 is 4.39 Å². The summed E-state index contributed by atoms with van der Waals surface area (Å²) in [6, 6.07) is 2.07. The summed E-state index contributed by atoms with van der Waals surface area (Å²) in [4.78, 5) is 3.17. The summed E-state index contributed by atoms with van der Waals surface area (Å²) in [5, 5.41) is 0. The molecule has 0 aliphatic heterocycles. The van der Waals surface area contributed by atoms with Crippen molar-refractivity contribution in [3.05, 3.63) is 42.3 Å². The number of halogens is 1. The first-order valence-corrected chi connectivity index (χ1v) is 5.07. The second-order valence-corrected chi connectivity index (χ2v) is 2.62. The van der Waals surface area contributed by atoms with E-state index in [0.717, 1.165) is 0 Å². The molecule has 0 aliphatic rings. The summed E-state index contributed by atoms with van der Waals surface area (Å²) in [7, 11) is 0.500. The lowest BCUT2D eigenvalue weighted by Crippen LogP contribution is -1.81. The Morgan fingerprint density at radius 1 is 1.40 bits per heavy atom. The van der Waals surface area contributed by atoms with Crippen LogP contribution in [0.2, 0.25) is 0 Å². The van der Waals surface area contributed by atoms with Gasteiger partial charge in [-0.2, -0.15) is 0 Å². The number of aryl methyl sites for hydroxylation is 1. The number of nitrogens with one attached hydrogen (secondary N) is 1. The molecule has 0 aromatic carbocycles. The molecule has 0 atom stereocenters. The van der Waals surface area contributed by atoms with Crippen molar-refractivity contribution in [1.82, 2.24) is 4.98 Å². The van der Waals surface area contributed by atoms with Crippen LogP contribution in [0.3, 0.4) is 0 Å². The number of allylic oxidation sites excluding steroid dienone is 3. The molecule has 1 heterocycles. The average Bonchev–Trinajstić information content (AvgIpc) is 2.71. The molecule has 1 N–H and O–H groups in total. The second-order valence-electron chi connectivity index (χ2n) is 2.62. The smallest absolute Gasteiger partial charge is 0.0785 e. The summed E-state index contributed by atoms with van der Waals surface area (Å²) in [5.41, 5.74) is 3.70. The van der Waals surface area contributed by atoms with Gasteiger partial charge in [-0.25, -0.2) is 0 Å². The number of hydrogen-bond donors (Lipinski definition) is 1. The third kappa shape index (κ3) is 5.89. The molecule has 0 bridgehead atoms. The third-order valence-corrected chi connectivity index (χ3v) is 1.72. The lowest BCUT2D eigenvalue weighted by molar-refractivity contribution is 0.636. The van der Waals surface area contributed by atoms with Crippen LogP contribution in [0.25, 0.3) is 5.57 Å². The Morgan fingerprint density at radius 2 is 1.93 bits per heavy atom. The Balaban J connectivity index is 0. The summed E-state index contributed by atoms with van der Waals surface area (Å²) in [5.74, 6) is 0. The van der Waals surface area contributed by atoms with Crippen LogP contribution >= 0.6 is 0 Å². The van der Waals surface area contributed by atoms with Crippen molar-refractivity contribution >= 4 is 5.57 Å². The van der Waals surface area contributed by atoms with Crippen LogP contribution in [0.15, 0.2) is 31.0 Å². The van der Waals surface area contributed by atoms with E-state index in [4.69, 9.17) is 0 Å². The molecule has 0 aliphatic carbocycles. The average molecular weight is 211 g/mol. The van der Waals surface area contributed by atoms with Crippen LogP contribution in [0.1, 0.15) is 32.0 Å². The monoisotopic (exact) mass is 211 g/mol. The van der Waals surface area contributed by atoms with E-state index in [9.17, 15) is 4.39 Å². The van der Waals surface area contributed by atoms with E-state index >= 15 is 0 Å². The molecule has 0 saturated heterocycles. The van der Waals surface area contributed by atoms with Crippen molar-refractivity contribution in [1.29, 1.82) is 0 Å². The standard InChI is InChI=1S/C10H13N.C2H6.CH3F/c1-4-5-8(2)10-9(3)6-7-11-10;2*1-2/h4-7,11H,1H2,2-3H3;1-2H3;1H3/b8-5-;;. The third-order valence-electron chi connectivity index (χ3n) is 1.72. The summed E-state index contributed by atoms with van der Waals surface area (Å²) >= 11 is 0. The van der Waals surface area contributed by atoms with Crippen molar-refractivity contribution in [2.45, 2.75) is 27.7 Å². The highest BCUT2D eigenvalue weighted by Crippen LogP contribution is 2.15. The minimum atomic E-state index is 0.500. The van der Waals surface area contributed by atoms with E-state index in [-0.39, 0.29) is 0 Å². The van der Waals surface area contributed by atoms with Gasteiger partial charge in [0.25, 0.3) is 0 Å². The molecule has 0 spiro atoms. The van der Waals surface area contributed by atoms with E-state index in [1.807, 2.05) is 26.1 Å². The van der Waals surface area contributed by atoms with Gasteiger partial charge in [-0.05, 0) is 31.1 Å². The molecule has 0 fully saturated rings. The van der Waals surface area contributed by atoms with Crippen LogP contribution in [0.4, 0.5) is 4.39 Å². The maximum atomic E-state index is 9.50. The molecule has 0 radical (unpaired) electrons. The van der Waals surface area contributed by atoms with Gasteiger partial charge >= 0.3 is 0 Å². The second kappa shape index (κ2) is 10.8. The minimum Gasteiger partial charge on any atom is -0.361 e. The van der Waals surface area contributed by atoms with Crippen LogP contribution in [-0.2, 0) is 0 Å². The Bertz CT molecular complexity index is 284. The first-order chi connectivity index (χ1) is 7.25. The van der Waals surface area contributed by atoms with Gasteiger partial charge < -0.3 is 4.98 Å². The molecular formula is C13H22FN. The van der Waals surface area contributed by atoms with E-state index in [2.05, 4.69) is 31.5 Å². The Hall–Kier alpha value is -1.31. The summed E-state index contributed by atoms with van der Waals surface area (Å²) in [6.45, 7) is 11.8. The SMILES string of the molecule is C=C/C=C(/C)c1[nH]ccc1C.CC.CF. The van der Waals surface area contributed by atoms with Gasteiger partial charge in [0.1, 0.15) is 0 Å². The van der Waals surface area contributed by atoms with E-state index < -0.39 is 0 Å². The number of alkyl halides is 1. The lowest BCUT2D eigenvalue weighted by Gasteiger charge is -1.97. The maximum absolute atomic E-state index is 9.50. The van der Waals surface area contributed by atoms with E-state index in [1.165, 1.54) is 16.8 Å². The molecule has 1 aromatic heterocycles. The minimum absolute atomic E-state index is 0.500. The van der Waals surface area contributed by atoms with Crippen LogP contribution < -0.4 is 0 Å². The molecule has 0 unspecified atom stereocenters. The largest absolute Gasteiger partial charge is 0.361 e. The van der Waals surface area contributed by atoms with Gasteiger partial charge in [-0.3, -0.25) is 4.39 Å². The van der Waals surface area contributed by atoms with Gasteiger partial charge in [0.05, 0.1) is 7.18 Å². The molecule has 1 aromatic rings. The first-order valence-electron chi connectivity index (χ1n) is 5.07. The normalized spacial score (nSPS) is 9.33. The van der Waals surface area contributed by atoms with Gasteiger partial charge in [0.2, 0.25) is 0 Å². The molecule has 1 nitrogen and oxygen atoms in total. The zero-order valence-corrected chi connectivity index (χ0v) is 10.4. The highest BCUT2D eigenvalue weighted by atomic mass is 19.1. The molecule has 86 valence electrons. The number of rotatable bonds is 2. The molecule has 2 heteroatoms. The predicted octanol–water partition coefficient (Wildman–Crippen LogP) is 4.52. The highest BCUT2D eigenvalue weighted by Gasteiger charge is 1.98. The fraction of sp³-hybridized carbons (Fsp3) is 0.385. The Kier molecular flexibility index (Phi) is 11.6. The zero-order chi connectivity index (χ0) is 12.3. The van der Waals surface area contributed by atoms with E-state index in [0.29, 0.717) is 7.18 Å². The van der Waals surface area contributed by atoms with Crippen LogP contribution in [-0.4, -0.2) is 12.2 Å². The van der Waals surface area contributed by atoms with Crippen LogP contribution in [0.5, 0.6) is 0 Å². The molecule has 0 saturated carbocycles. The fourth-order valence-electron chi connectivity index (χ4n) is 1.13. The summed E-state index contributed by atoms with van der Waals surface area (Å²) < 4.78 is 9.50. The number of hydrogen-bond acceptors (Lipinski definition) is 0. The van der Waals surface area contributed by atoms with Gasteiger partial charge in [-0.1, -0.05) is 32.6 Å². The van der Waals surface area contributed by atoms with Crippen LogP contribution in [0, 0.1) is 6.92 Å². The highest BCUT2D eigenvalue weighted by molar-refractivity contribution is 5.64. The van der Waals surface area contributed by atoms with Gasteiger partial charge in [-0.15, -0.1) is 0 Å². The van der Waals surface area contributed by atoms with Crippen molar-refractivity contribution in [2.75, 3.05) is 7.18 Å². The molecule has 1 rings (SSSR count). The number of aromatic amines is 1. The fourth-order valence-corrected chi connectivity index (χ4v) is 1.13. The predicted molar refractivity (Wildman–Crippen MR) is 67.8 cm³/mol. The maximum Gasteiger partial charge on any atom is 0.0785 e. The van der Waals surface area contributed by atoms with Crippen molar-refractivity contribution in [3.63, 3.8) is 0 Å². The topological polar surface area (TPSA) is 15.8 Å². The van der Waals surface area contributed by atoms with Gasteiger partial charge in [0.15, 0.2) is 0 Å². The quantitative estimate of drug-likeness (QED) is 0.692. The molecule has 0 amide bonds. The van der Waals surface area contributed by atoms with Crippen molar-refractivity contribution in [2.24, 2.45) is 0 Å². The Morgan fingerprint density at radius 3 is 2.27 bits per heavy atom. The molecular weight excluding hydrogens is 189 g/mol.